The monoisotopic (exact) mass is 244 g/mol. The molecule has 0 spiro atoms. The molecule has 0 heterocycles. The van der Waals surface area contributed by atoms with Gasteiger partial charge in [-0.05, 0) is 32.4 Å². The molecule has 0 amide bonds. The lowest BCUT2D eigenvalue weighted by Crippen LogP contribution is -2.32. The third kappa shape index (κ3) is 13.8. The average Bonchev–Trinajstić information content (AvgIpc) is 2.30. The number of nitrogens with zero attached hydrogens (tertiary/aromatic N) is 1. The molecule has 0 saturated heterocycles. The highest BCUT2D eigenvalue weighted by atomic mass is 16.5. The highest BCUT2D eigenvalue weighted by molar-refractivity contribution is 4.56. The normalized spacial score (nSPS) is 11.6. The molecular formula is C14H32N2O. The van der Waals surface area contributed by atoms with E-state index in [1.807, 2.05) is 0 Å². The van der Waals surface area contributed by atoms with E-state index in [-0.39, 0.29) is 0 Å². The minimum Gasteiger partial charge on any atom is -0.380 e. The fraction of sp³-hybridized carbons (Fsp3) is 1.00. The largest absolute Gasteiger partial charge is 0.380 e. The van der Waals surface area contributed by atoms with Crippen LogP contribution in [0.25, 0.3) is 0 Å². The van der Waals surface area contributed by atoms with Gasteiger partial charge in [0.05, 0.1) is 6.61 Å². The fourth-order valence-corrected chi connectivity index (χ4v) is 1.48. The van der Waals surface area contributed by atoms with Crippen LogP contribution in [0.4, 0.5) is 0 Å². The quantitative estimate of drug-likeness (QED) is 0.533. The van der Waals surface area contributed by atoms with Crippen molar-refractivity contribution in [2.45, 2.75) is 40.0 Å². The van der Waals surface area contributed by atoms with Gasteiger partial charge in [0.15, 0.2) is 0 Å². The van der Waals surface area contributed by atoms with Gasteiger partial charge in [-0.15, -0.1) is 0 Å². The van der Waals surface area contributed by atoms with Crippen LogP contribution in [0.2, 0.25) is 0 Å². The topological polar surface area (TPSA) is 24.5 Å². The molecule has 0 aliphatic carbocycles. The van der Waals surface area contributed by atoms with Gasteiger partial charge < -0.3 is 15.0 Å². The molecular weight excluding hydrogens is 212 g/mol. The molecule has 0 aliphatic rings. The fourth-order valence-electron chi connectivity index (χ4n) is 1.48. The van der Waals surface area contributed by atoms with Crippen LogP contribution >= 0.6 is 0 Å². The van der Waals surface area contributed by atoms with Crippen LogP contribution in [0.3, 0.4) is 0 Å². The molecule has 0 aromatic rings. The lowest BCUT2D eigenvalue weighted by molar-refractivity contribution is 0.132. The molecule has 0 saturated carbocycles. The number of hydrogen-bond donors (Lipinski definition) is 1. The van der Waals surface area contributed by atoms with Crippen molar-refractivity contribution < 1.29 is 4.74 Å². The zero-order valence-electron chi connectivity index (χ0n) is 12.3. The van der Waals surface area contributed by atoms with Crippen LogP contribution in [0.5, 0.6) is 0 Å². The predicted molar refractivity (Wildman–Crippen MR) is 75.5 cm³/mol. The first kappa shape index (κ1) is 16.9. The van der Waals surface area contributed by atoms with Crippen LogP contribution in [-0.2, 0) is 4.74 Å². The van der Waals surface area contributed by atoms with Crippen molar-refractivity contribution in [3.05, 3.63) is 0 Å². The molecule has 0 rings (SSSR count). The smallest absolute Gasteiger partial charge is 0.0590 e. The predicted octanol–water partition coefficient (Wildman–Crippen LogP) is 2.37. The van der Waals surface area contributed by atoms with Crippen molar-refractivity contribution in [1.82, 2.24) is 10.2 Å². The third-order valence-electron chi connectivity index (χ3n) is 2.82. The van der Waals surface area contributed by atoms with E-state index in [0.717, 1.165) is 38.8 Å². The zero-order chi connectivity index (χ0) is 12.9. The second-order valence-corrected chi connectivity index (χ2v) is 5.20. The second-order valence-electron chi connectivity index (χ2n) is 5.20. The maximum absolute atomic E-state index is 5.48. The van der Waals surface area contributed by atoms with E-state index in [1.54, 1.807) is 0 Å². The van der Waals surface area contributed by atoms with E-state index < -0.39 is 0 Å². The first-order valence-corrected chi connectivity index (χ1v) is 7.13. The Bertz CT molecular complexity index is 151. The van der Waals surface area contributed by atoms with Gasteiger partial charge in [0.1, 0.15) is 0 Å². The molecule has 3 heteroatoms. The van der Waals surface area contributed by atoms with E-state index in [4.69, 9.17) is 4.74 Å². The van der Waals surface area contributed by atoms with Gasteiger partial charge in [-0.25, -0.2) is 0 Å². The first-order valence-electron chi connectivity index (χ1n) is 7.13. The van der Waals surface area contributed by atoms with E-state index >= 15 is 0 Å². The van der Waals surface area contributed by atoms with Crippen LogP contribution in [0.15, 0.2) is 0 Å². The van der Waals surface area contributed by atoms with Crippen molar-refractivity contribution in [1.29, 1.82) is 0 Å². The maximum Gasteiger partial charge on any atom is 0.0590 e. The minimum absolute atomic E-state index is 0.803. The van der Waals surface area contributed by atoms with Gasteiger partial charge in [-0.3, -0.25) is 0 Å². The van der Waals surface area contributed by atoms with Gasteiger partial charge in [-0.2, -0.15) is 0 Å². The molecule has 17 heavy (non-hydrogen) atoms. The highest BCUT2D eigenvalue weighted by Crippen LogP contribution is 1.99. The lowest BCUT2D eigenvalue weighted by Gasteiger charge is -2.18. The lowest BCUT2D eigenvalue weighted by atomic mass is 10.1. The van der Waals surface area contributed by atoms with Crippen molar-refractivity contribution in [3.8, 4) is 0 Å². The molecule has 104 valence electrons. The van der Waals surface area contributed by atoms with E-state index in [9.17, 15) is 0 Å². The molecule has 0 aromatic carbocycles. The Hall–Kier alpha value is -0.120. The second kappa shape index (κ2) is 12.3. The van der Waals surface area contributed by atoms with E-state index in [0.29, 0.717) is 0 Å². The van der Waals surface area contributed by atoms with Crippen LogP contribution in [0, 0.1) is 5.92 Å². The van der Waals surface area contributed by atoms with Crippen molar-refractivity contribution in [2.75, 3.05) is 46.4 Å². The van der Waals surface area contributed by atoms with Crippen LogP contribution in [-0.4, -0.2) is 51.3 Å². The van der Waals surface area contributed by atoms with Gasteiger partial charge in [-0.1, -0.05) is 27.2 Å². The maximum atomic E-state index is 5.48. The number of rotatable bonds is 12. The van der Waals surface area contributed by atoms with Crippen molar-refractivity contribution in [2.24, 2.45) is 5.92 Å². The Balaban J connectivity index is 3.11. The minimum atomic E-state index is 0.803. The summed E-state index contributed by atoms with van der Waals surface area (Å²) in [4.78, 5) is 2.39. The molecule has 1 N–H and O–H groups in total. The standard InChI is InChI=1S/C14H32N2O/c1-5-6-12-17-13-9-15-8-11-16(4)10-7-14(2)3/h14-15H,5-13H2,1-4H3. The Labute approximate surface area is 108 Å². The SMILES string of the molecule is CCCCOCCNCCN(C)CCC(C)C. The summed E-state index contributed by atoms with van der Waals surface area (Å²) in [5.41, 5.74) is 0. The average molecular weight is 244 g/mol. The summed E-state index contributed by atoms with van der Waals surface area (Å²) in [6.07, 6.45) is 3.68. The Kier molecular flexibility index (Phi) is 12.3. The molecule has 0 fully saturated rings. The Morgan fingerprint density at radius 2 is 1.88 bits per heavy atom. The van der Waals surface area contributed by atoms with Gasteiger partial charge in [0.25, 0.3) is 0 Å². The summed E-state index contributed by atoms with van der Waals surface area (Å²) in [6.45, 7) is 12.9. The van der Waals surface area contributed by atoms with Gasteiger partial charge in [0, 0.05) is 26.2 Å². The molecule has 0 aliphatic heterocycles. The summed E-state index contributed by atoms with van der Waals surface area (Å²) < 4.78 is 5.48. The Morgan fingerprint density at radius 3 is 2.53 bits per heavy atom. The molecule has 0 radical (unpaired) electrons. The summed E-state index contributed by atoms with van der Waals surface area (Å²) in [5.74, 6) is 0.803. The van der Waals surface area contributed by atoms with E-state index in [1.165, 1.54) is 25.8 Å². The molecule has 0 unspecified atom stereocenters. The first-order chi connectivity index (χ1) is 8.16. The summed E-state index contributed by atoms with van der Waals surface area (Å²) >= 11 is 0. The van der Waals surface area contributed by atoms with Gasteiger partial charge >= 0.3 is 0 Å². The summed E-state index contributed by atoms with van der Waals surface area (Å²) in [6, 6.07) is 0. The summed E-state index contributed by atoms with van der Waals surface area (Å²) in [7, 11) is 2.20. The molecule has 0 aromatic heterocycles. The number of likely N-dealkylation sites (N-methyl/N-ethyl adjacent to an activating group) is 1. The van der Waals surface area contributed by atoms with Crippen LogP contribution in [0.1, 0.15) is 40.0 Å². The van der Waals surface area contributed by atoms with Crippen molar-refractivity contribution >= 4 is 0 Å². The zero-order valence-corrected chi connectivity index (χ0v) is 12.3. The highest BCUT2D eigenvalue weighted by Gasteiger charge is 1.99. The van der Waals surface area contributed by atoms with E-state index in [2.05, 4.69) is 38.0 Å². The number of hydrogen-bond acceptors (Lipinski definition) is 3. The van der Waals surface area contributed by atoms with Crippen molar-refractivity contribution in [3.63, 3.8) is 0 Å². The molecule has 0 atom stereocenters. The number of ether oxygens (including phenoxy) is 1. The van der Waals surface area contributed by atoms with Gasteiger partial charge in [0.2, 0.25) is 0 Å². The number of nitrogens with one attached hydrogen (secondary N) is 1. The Morgan fingerprint density at radius 1 is 1.12 bits per heavy atom. The third-order valence-corrected chi connectivity index (χ3v) is 2.82. The number of unbranched alkanes of at least 4 members (excludes halogenated alkanes) is 1. The molecule has 3 nitrogen and oxygen atoms in total. The van der Waals surface area contributed by atoms with Crippen LogP contribution < -0.4 is 5.32 Å². The molecule has 0 bridgehead atoms. The summed E-state index contributed by atoms with van der Waals surface area (Å²) in [5, 5.41) is 3.41.